The molecular formula is C17H15ClN2O5. The minimum atomic E-state index is -1.05. The van der Waals surface area contributed by atoms with Crippen molar-refractivity contribution in [3.63, 3.8) is 0 Å². The minimum absolute atomic E-state index is 0.180. The number of carbonyl (C=O) groups excluding carboxylic acids is 1. The summed E-state index contributed by atoms with van der Waals surface area (Å²) < 4.78 is 10.3. The van der Waals surface area contributed by atoms with Gasteiger partial charge in [-0.05, 0) is 54.1 Å². The summed E-state index contributed by atoms with van der Waals surface area (Å²) in [7, 11) is 0. The van der Waals surface area contributed by atoms with E-state index >= 15 is 0 Å². The van der Waals surface area contributed by atoms with Gasteiger partial charge in [-0.3, -0.25) is 4.79 Å². The maximum absolute atomic E-state index is 11.6. The van der Waals surface area contributed by atoms with Crippen LogP contribution in [0.5, 0.6) is 11.5 Å². The number of halogens is 1. The van der Waals surface area contributed by atoms with Crippen molar-refractivity contribution in [1.29, 1.82) is 0 Å². The van der Waals surface area contributed by atoms with Crippen LogP contribution >= 0.6 is 11.6 Å². The molecule has 2 aromatic carbocycles. The average molecular weight is 363 g/mol. The first kappa shape index (κ1) is 18.3. The molecule has 25 heavy (non-hydrogen) atoms. The van der Waals surface area contributed by atoms with E-state index in [9.17, 15) is 9.59 Å². The Balaban J connectivity index is 1.74. The number of nitrogens with one attached hydrogen (secondary N) is 1. The van der Waals surface area contributed by atoms with Gasteiger partial charge in [-0.1, -0.05) is 11.6 Å². The first-order chi connectivity index (χ1) is 12.0. The van der Waals surface area contributed by atoms with Crippen LogP contribution in [0.25, 0.3) is 0 Å². The predicted molar refractivity (Wildman–Crippen MR) is 92.3 cm³/mol. The van der Waals surface area contributed by atoms with E-state index in [4.69, 9.17) is 26.2 Å². The van der Waals surface area contributed by atoms with E-state index in [0.29, 0.717) is 22.1 Å². The number of amides is 1. The highest BCUT2D eigenvalue weighted by Crippen LogP contribution is 2.15. The van der Waals surface area contributed by atoms with Crippen molar-refractivity contribution in [2.45, 2.75) is 0 Å². The van der Waals surface area contributed by atoms with Gasteiger partial charge in [0.15, 0.2) is 13.2 Å². The molecule has 7 nitrogen and oxygen atoms in total. The topological polar surface area (TPSA) is 97.2 Å². The van der Waals surface area contributed by atoms with Gasteiger partial charge in [0.25, 0.3) is 5.91 Å². The average Bonchev–Trinajstić information content (AvgIpc) is 2.60. The van der Waals surface area contributed by atoms with Crippen molar-refractivity contribution < 1.29 is 24.2 Å². The van der Waals surface area contributed by atoms with Gasteiger partial charge in [-0.15, -0.1) is 0 Å². The van der Waals surface area contributed by atoms with Crippen molar-refractivity contribution in [2.75, 3.05) is 13.2 Å². The molecule has 2 aromatic rings. The molecule has 8 heteroatoms. The fourth-order valence-corrected chi connectivity index (χ4v) is 1.81. The van der Waals surface area contributed by atoms with Crippen LogP contribution in [-0.4, -0.2) is 36.4 Å². The smallest absolute Gasteiger partial charge is 0.341 e. The number of hydrogen-bond donors (Lipinski definition) is 2. The second-order valence-corrected chi connectivity index (χ2v) is 5.22. The lowest BCUT2D eigenvalue weighted by Gasteiger charge is -2.05. The molecule has 1 amide bonds. The molecule has 130 valence electrons. The molecule has 0 aliphatic rings. The molecule has 0 saturated carbocycles. The zero-order valence-corrected chi connectivity index (χ0v) is 13.8. The van der Waals surface area contributed by atoms with E-state index < -0.39 is 18.5 Å². The molecule has 0 fully saturated rings. The van der Waals surface area contributed by atoms with Crippen LogP contribution in [0.4, 0.5) is 0 Å². The molecule has 0 bridgehead atoms. The molecule has 0 radical (unpaired) electrons. The van der Waals surface area contributed by atoms with Crippen molar-refractivity contribution in [1.82, 2.24) is 5.43 Å². The maximum atomic E-state index is 11.6. The van der Waals surface area contributed by atoms with Gasteiger partial charge in [0.2, 0.25) is 0 Å². The van der Waals surface area contributed by atoms with Crippen LogP contribution in [0, 0.1) is 0 Å². The number of benzene rings is 2. The number of nitrogens with zero attached hydrogens (tertiary/aromatic N) is 1. The second kappa shape index (κ2) is 9.29. The zero-order valence-electron chi connectivity index (χ0n) is 13.0. The maximum Gasteiger partial charge on any atom is 0.341 e. The quantitative estimate of drug-likeness (QED) is 0.555. The third-order valence-corrected chi connectivity index (χ3v) is 3.08. The Hall–Kier alpha value is -3.06. The molecule has 0 spiro atoms. The predicted octanol–water partition coefficient (Wildman–Crippen LogP) is 2.33. The van der Waals surface area contributed by atoms with Crippen LogP contribution in [0.1, 0.15) is 5.56 Å². The minimum Gasteiger partial charge on any atom is -0.484 e. The number of carboxylic acid groups (broad SMARTS) is 1. The third-order valence-electron chi connectivity index (χ3n) is 2.83. The van der Waals surface area contributed by atoms with Crippen LogP contribution in [-0.2, 0) is 9.59 Å². The fourth-order valence-electron chi connectivity index (χ4n) is 1.69. The summed E-state index contributed by atoms with van der Waals surface area (Å²) in [6.07, 6.45) is 1.45. The summed E-state index contributed by atoms with van der Waals surface area (Å²) >= 11 is 5.75. The number of ether oxygens (including phenoxy) is 2. The van der Waals surface area contributed by atoms with Crippen molar-refractivity contribution in [3.05, 3.63) is 59.1 Å². The van der Waals surface area contributed by atoms with E-state index in [1.54, 1.807) is 48.5 Å². The summed E-state index contributed by atoms with van der Waals surface area (Å²) in [6, 6.07) is 13.2. The van der Waals surface area contributed by atoms with Gasteiger partial charge in [0.1, 0.15) is 11.5 Å². The SMILES string of the molecule is O=C(O)COc1ccc(/C=N\NC(=O)COc2ccc(Cl)cc2)cc1. The Kier molecular flexibility index (Phi) is 6.79. The van der Waals surface area contributed by atoms with Gasteiger partial charge in [-0.25, -0.2) is 10.2 Å². The summed E-state index contributed by atoms with van der Waals surface area (Å²) in [5, 5.41) is 12.9. The van der Waals surface area contributed by atoms with Crippen molar-refractivity contribution >= 4 is 29.7 Å². The van der Waals surface area contributed by atoms with Crippen molar-refractivity contribution in [2.24, 2.45) is 5.10 Å². The summed E-state index contributed by atoms with van der Waals surface area (Å²) in [6.45, 7) is -0.585. The van der Waals surface area contributed by atoms with E-state index in [0.717, 1.165) is 0 Å². The van der Waals surface area contributed by atoms with Gasteiger partial charge < -0.3 is 14.6 Å². The molecule has 0 aliphatic carbocycles. The Morgan fingerprint density at radius 1 is 1.00 bits per heavy atom. The second-order valence-electron chi connectivity index (χ2n) is 4.79. The molecule has 0 saturated heterocycles. The van der Waals surface area contributed by atoms with E-state index in [2.05, 4.69) is 10.5 Å². The first-order valence-corrected chi connectivity index (χ1v) is 7.55. The highest BCUT2D eigenvalue weighted by molar-refractivity contribution is 6.30. The monoisotopic (exact) mass is 362 g/mol. The van der Waals surface area contributed by atoms with E-state index in [1.165, 1.54) is 6.21 Å². The zero-order chi connectivity index (χ0) is 18.1. The fraction of sp³-hybridized carbons (Fsp3) is 0.118. The van der Waals surface area contributed by atoms with E-state index in [1.807, 2.05) is 0 Å². The Morgan fingerprint density at radius 2 is 1.56 bits per heavy atom. The number of hydrazone groups is 1. The van der Waals surface area contributed by atoms with Crippen LogP contribution < -0.4 is 14.9 Å². The molecule has 2 N–H and O–H groups in total. The molecule has 2 rings (SSSR count). The van der Waals surface area contributed by atoms with Gasteiger partial charge in [-0.2, -0.15) is 5.10 Å². The summed E-state index contributed by atoms with van der Waals surface area (Å²) in [4.78, 5) is 22.0. The van der Waals surface area contributed by atoms with Crippen molar-refractivity contribution in [3.8, 4) is 11.5 Å². The van der Waals surface area contributed by atoms with E-state index in [-0.39, 0.29) is 6.61 Å². The Morgan fingerprint density at radius 3 is 2.16 bits per heavy atom. The molecule has 0 heterocycles. The molecule has 0 atom stereocenters. The standard InChI is InChI=1S/C17H15ClN2O5/c18-13-3-7-15(8-4-13)24-10-16(21)20-19-9-12-1-5-14(6-2-12)25-11-17(22)23/h1-9H,10-11H2,(H,20,21)(H,22,23)/b19-9-. The lowest BCUT2D eigenvalue weighted by atomic mass is 10.2. The lowest BCUT2D eigenvalue weighted by molar-refractivity contribution is -0.139. The number of rotatable bonds is 8. The van der Waals surface area contributed by atoms with Crippen LogP contribution in [0.2, 0.25) is 5.02 Å². The molecular weight excluding hydrogens is 348 g/mol. The summed E-state index contributed by atoms with van der Waals surface area (Å²) in [5.41, 5.74) is 3.05. The molecule has 0 aliphatic heterocycles. The van der Waals surface area contributed by atoms with Gasteiger partial charge in [0, 0.05) is 5.02 Å². The number of carbonyl (C=O) groups is 2. The number of hydrogen-bond acceptors (Lipinski definition) is 5. The first-order valence-electron chi connectivity index (χ1n) is 7.18. The molecule has 0 aromatic heterocycles. The van der Waals surface area contributed by atoms with Gasteiger partial charge in [0.05, 0.1) is 6.21 Å². The van der Waals surface area contributed by atoms with Crippen LogP contribution in [0.3, 0.4) is 0 Å². The highest BCUT2D eigenvalue weighted by atomic mass is 35.5. The Bertz CT molecular complexity index is 745. The number of aliphatic carboxylic acids is 1. The third kappa shape index (κ3) is 6.92. The normalized spacial score (nSPS) is 10.4. The lowest BCUT2D eigenvalue weighted by Crippen LogP contribution is -2.24. The van der Waals surface area contributed by atoms with Gasteiger partial charge >= 0.3 is 5.97 Å². The summed E-state index contributed by atoms with van der Waals surface area (Å²) in [5.74, 6) is -0.498. The van der Waals surface area contributed by atoms with Crippen LogP contribution in [0.15, 0.2) is 53.6 Å². The highest BCUT2D eigenvalue weighted by Gasteiger charge is 2.02. The number of carboxylic acids is 1. The Labute approximate surface area is 148 Å². The molecule has 0 unspecified atom stereocenters. The largest absolute Gasteiger partial charge is 0.484 e.